The van der Waals surface area contributed by atoms with Crippen molar-refractivity contribution in [1.82, 2.24) is 5.32 Å². The van der Waals surface area contributed by atoms with E-state index in [4.69, 9.17) is 9.47 Å². The summed E-state index contributed by atoms with van der Waals surface area (Å²) in [6.45, 7) is 12.3. The summed E-state index contributed by atoms with van der Waals surface area (Å²) in [5.41, 5.74) is -0.0421. The molecular weight excluding hydrogens is 202 g/mol. The first kappa shape index (κ1) is 15.9. The molecule has 0 spiro atoms. The van der Waals surface area contributed by atoms with Gasteiger partial charge < -0.3 is 14.8 Å². The van der Waals surface area contributed by atoms with E-state index in [0.29, 0.717) is 6.04 Å². The van der Waals surface area contributed by atoms with Gasteiger partial charge >= 0.3 is 0 Å². The number of ether oxygens (including phenoxy) is 2. The molecule has 1 N–H and O–H groups in total. The minimum absolute atomic E-state index is 0.0421. The van der Waals surface area contributed by atoms with Crippen LogP contribution in [0.15, 0.2) is 0 Å². The maximum atomic E-state index is 5.65. The van der Waals surface area contributed by atoms with Gasteiger partial charge in [-0.15, -0.1) is 0 Å². The topological polar surface area (TPSA) is 30.5 Å². The summed E-state index contributed by atoms with van der Waals surface area (Å²) in [6, 6.07) is 0.416. The highest BCUT2D eigenvalue weighted by Crippen LogP contribution is 2.18. The molecule has 0 bridgehead atoms. The van der Waals surface area contributed by atoms with Crippen molar-refractivity contribution >= 4 is 0 Å². The first-order valence-corrected chi connectivity index (χ1v) is 6.37. The fourth-order valence-electron chi connectivity index (χ4n) is 1.75. The van der Waals surface area contributed by atoms with Crippen LogP contribution in [0, 0.1) is 0 Å². The van der Waals surface area contributed by atoms with Crippen molar-refractivity contribution < 1.29 is 9.47 Å². The van der Waals surface area contributed by atoms with Gasteiger partial charge in [-0.3, -0.25) is 0 Å². The van der Waals surface area contributed by atoms with Crippen LogP contribution in [0.25, 0.3) is 0 Å². The normalized spacial score (nSPS) is 16.1. The molecule has 0 rings (SSSR count). The molecule has 0 aliphatic heterocycles. The maximum absolute atomic E-state index is 5.65. The minimum Gasteiger partial charge on any atom is -0.379 e. The van der Waals surface area contributed by atoms with E-state index in [1.165, 1.54) is 0 Å². The molecule has 16 heavy (non-hydrogen) atoms. The lowest BCUT2D eigenvalue weighted by Crippen LogP contribution is -2.41. The highest BCUT2D eigenvalue weighted by molar-refractivity contribution is 4.78. The summed E-state index contributed by atoms with van der Waals surface area (Å²) in [7, 11) is 1.77. The van der Waals surface area contributed by atoms with Gasteiger partial charge in [0.1, 0.15) is 0 Å². The van der Waals surface area contributed by atoms with Crippen molar-refractivity contribution in [2.24, 2.45) is 0 Å². The molecule has 0 aromatic heterocycles. The van der Waals surface area contributed by atoms with Gasteiger partial charge in [-0.1, -0.05) is 6.92 Å². The van der Waals surface area contributed by atoms with Crippen molar-refractivity contribution in [3.05, 3.63) is 0 Å². The lowest BCUT2D eigenvalue weighted by atomic mass is 9.96. The summed E-state index contributed by atoms with van der Waals surface area (Å²) in [5, 5.41) is 3.48. The first-order valence-electron chi connectivity index (χ1n) is 6.37. The molecule has 0 aliphatic rings. The minimum atomic E-state index is -0.0421. The summed E-state index contributed by atoms with van der Waals surface area (Å²) >= 11 is 0. The van der Waals surface area contributed by atoms with Gasteiger partial charge in [0.05, 0.1) is 11.7 Å². The number of hydrogen-bond acceptors (Lipinski definition) is 3. The third-order valence-corrected chi connectivity index (χ3v) is 3.07. The van der Waals surface area contributed by atoms with E-state index in [1.807, 2.05) is 6.92 Å². The van der Waals surface area contributed by atoms with Crippen LogP contribution in [-0.4, -0.2) is 38.0 Å². The molecule has 3 nitrogen and oxygen atoms in total. The largest absolute Gasteiger partial charge is 0.379 e. The Morgan fingerprint density at radius 1 is 1.25 bits per heavy atom. The van der Waals surface area contributed by atoms with Crippen LogP contribution < -0.4 is 5.32 Å². The molecule has 0 aromatic carbocycles. The first-order chi connectivity index (χ1) is 7.46. The second-order valence-electron chi connectivity index (χ2n) is 4.83. The monoisotopic (exact) mass is 231 g/mol. The Labute approximate surface area is 101 Å². The van der Waals surface area contributed by atoms with Crippen molar-refractivity contribution in [1.29, 1.82) is 0 Å². The standard InChI is InChI=1S/C13H29NO2/c1-7-14-12(11(3)16-8-2)9-10-13(4,5)15-6/h11-12,14H,7-10H2,1-6H3. The second kappa shape index (κ2) is 8.04. The van der Waals surface area contributed by atoms with E-state index in [1.54, 1.807) is 7.11 Å². The summed E-state index contributed by atoms with van der Waals surface area (Å²) in [5.74, 6) is 0. The molecule has 0 aliphatic carbocycles. The molecule has 0 fully saturated rings. The number of methoxy groups -OCH3 is 1. The van der Waals surface area contributed by atoms with Crippen molar-refractivity contribution in [2.45, 2.75) is 65.2 Å². The fraction of sp³-hybridized carbons (Fsp3) is 1.00. The van der Waals surface area contributed by atoms with Crippen LogP contribution >= 0.6 is 0 Å². The maximum Gasteiger partial charge on any atom is 0.0699 e. The van der Waals surface area contributed by atoms with Gasteiger partial charge in [-0.05, 0) is 47.1 Å². The van der Waals surface area contributed by atoms with Crippen LogP contribution in [0.4, 0.5) is 0 Å². The van der Waals surface area contributed by atoms with E-state index < -0.39 is 0 Å². The van der Waals surface area contributed by atoms with Crippen molar-refractivity contribution in [3.8, 4) is 0 Å². The molecule has 0 saturated heterocycles. The molecule has 2 unspecified atom stereocenters. The van der Waals surface area contributed by atoms with Crippen LogP contribution in [0.3, 0.4) is 0 Å². The second-order valence-corrected chi connectivity index (χ2v) is 4.83. The van der Waals surface area contributed by atoms with Crippen molar-refractivity contribution in [2.75, 3.05) is 20.3 Å². The fourth-order valence-corrected chi connectivity index (χ4v) is 1.75. The molecule has 2 atom stereocenters. The summed E-state index contributed by atoms with van der Waals surface area (Å²) < 4.78 is 11.1. The Kier molecular flexibility index (Phi) is 7.98. The van der Waals surface area contributed by atoms with E-state index in [-0.39, 0.29) is 11.7 Å². The molecule has 3 heteroatoms. The molecule has 0 amide bonds. The Balaban J connectivity index is 4.12. The van der Waals surface area contributed by atoms with Gasteiger partial charge in [0, 0.05) is 19.8 Å². The molecule has 0 saturated carbocycles. The van der Waals surface area contributed by atoms with E-state index in [0.717, 1.165) is 26.0 Å². The van der Waals surface area contributed by atoms with Crippen LogP contribution in [0.1, 0.15) is 47.5 Å². The predicted octanol–water partition coefficient (Wildman–Crippen LogP) is 2.59. The highest BCUT2D eigenvalue weighted by atomic mass is 16.5. The zero-order valence-corrected chi connectivity index (χ0v) is 11.8. The molecule has 0 aromatic rings. The zero-order chi connectivity index (χ0) is 12.6. The quantitative estimate of drug-likeness (QED) is 0.661. The van der Waals surface area contributed by atoms with Crippen LogP contribution in [0.2, 0.25) is 0 Å². The van der Waals surface area contributed by atoms with Gasteiger partial charge in [0.25, 0.3) is 0 Å². The van der Waals surface area contributed by atoms with E-state index >= 15 is 0 Å². The van der Waals surface area contributed by atoms with E-state index in [2.05, 4.69) is 33.0 Å². The molecule has 0 radical (unpaired) electrons. The number of nitrogens with one attached hydrogen (secondary N) is 1. The number of likely N-dealkylation sites (N-methyl/N-ethyl adjacent to an activating group) is 1. The third-order valence-electron chi connectivity index (χ3n) is 3.07. The SMILES string of the molecule is CCNC(CCC(C)(C)OC)C(C)OCC. The van der Waals surface area contributed by atoms with Gasteiger partial charge in [-0.25, -0.2) is 0 Å². The van der Waals surface area contributed by atoms with Crippen LogP contribution in [0.5, 0.6) is 0 Å². The predicted molar refractivity (Wildman–Crippen MR) is 68.9 cm³/mol. The smallest absolute Gasteiger partial charge is 0.0699 e. The van der Waals surface area contributed by atoms with Crippen molar-refractivity contribution in [3.63, 3.8) is 0 Å². The van der Waals surface area contributed by atoms with E-state index in [9.17, 15) is 0 Å². The number of hydrogen-bond donors (Lipinski definition) is 1. The molecular formula is C13H29NO2. The Hall–Kier alpha value is -0.120. The molecule has 0 heterocycles. The average Bonchev–Trinajstić information content (AvgIpc) is 2.24. The lowest BCUT2D eigenvalue weighted by Gasteiger charge is -2.29. The molecule has 98 valence electrons. The zero-order valence-electron chi connectivity index (χ0n) is 11.8. The highest BCUT2D eigenvalue weighted by Gasteiger charge is 2.22. The Bertz CT molecular complexity index is 171. The summed E-state index contributed by atoms with van der Waals surface area (Å²) in [4.78, 5) is 0. The van der Waals surface area contributed by atoms with Gasteiger partial charge in [-0.2, -0.15) is 0 Å². The Morgan fingerprint density at radius 2 is 1.88 bits per heavy atom. The van der Waals surface area contributed by atoms with Crippen LogP contribution in [-0.2, 0) is 9.47 Å². The average molecular weight is 231 g/mol. The van der Waals surface area contributed by atoms with Gasteiger partial charge in [0.15, 0.2) is 0 Å². The summed E-state index contributed by atoms with van der Waals surface area (Å²) in [6.07, 6.45) is 2.38. The van der Waals surface area contributed by atoms with Gasteiger partial charge in [0.2, 0.25) is 0 Å². The third kappa shape index (κ3) is 6.46. The number of rotatable bonds is 9. The Morgan fingerprint density at radius 3 is 2.31 bits per heavy atom. The lowest BCUT2D eigenvalue weighted by molar-refractivity contribution is -0.000221.